The van der Waals surface area contributed by atoms with Gasteiger partial charge in [0.15, 0.2) is 0 Å². The molecule has 0 N–H and O–H groups in total. The van der Waals surface area contributed by atoms with Gasteiger partial charge in [0, 0.05) is 6.07 Å². The standard InChI is InChI=1S/C11H7F2N2/c12-8-4-5-10(9(13)7-8)15-11-3-1-2-6-14-11/h1-7H/q-1. The zero-order valence-electron chi connectivity index (χ0n) is 7.69. The molecule has 2 nitrogen and oxygen atoms in total. The van der Waals surface area contributed by atoms with E-state index < -0.39 is 11.6 Å². The van der Waals surface area contributed by atoms with Crippen LogP contribution in [0.1, 0.15) is 0 Å². The Hall–Kier alpha value is -1.97. The predicted molar refractivity (Wildman–Crippen MR) is 53.3 cm³/mol. The molecule has 0 atom stereocenters. The summed E-state index contributed by atoms with van der Waals surface area (Å²) in [6.07, 6.45) is 1.56. The lowest BCUT2D eigenvalue weighted by Gasteiger charge is -2.14. The molecule has 0 spiro atoms. The number of halogens is 2. The zero-order valence-corrected chi connectivity index (χ0v) is 7.69. The van der Waals surface area contributed by atoms with Crippen molar-refractivity contribution in [3.63, 3.8) is 0 Å². The third-order valence-corrected chi connectivity index (χ3v) is 1.79. The van der Waals surface area contributed by atoms with Crippen LogP contribution in [0.5, 0.6) is 0 Å². The van der Waals surface area contributed by atoms with E-state index in [-0.39, 0.29) is 5.69 Å². The van der Waals surface area contributed by atoms with Gasteiger partial charge in [-0.25, -0.2) is 8.78 Å². The van der Waals surface area contributed by atoms with Crippen LogP contribution in [0, 0.1) is 11.6 Å². The van der Waals surface area contributed by atoms with Crippen LogP contribution in [-0.2, 0) is 0 Å². The third kappa shape index (κ3) is 2.28. The molecule has 4 heteroatoms. The number of hydrogen-bond donors (Lipinski definition) is 0. The number of nitrogens with zero attached hydrogens (tertiary/aromatic N) is 2. The molecule has 2 rings (SSSR count). The number of aromatic nitrogens is 1. The zero-order chi connectivity index (χ0) is 10.7. The van der Waals surface area contributed by atoms with E-state index in [4.69, 9.17) is 0 Å². The minimum Gasteiger partial charge on any atom is -0.443 e. The van der Waals surface area contributed by atoms with Crippen molar-refractivity contribution in [3.05, 3.63) is 59.5 Å². The second-order valence-electron chi connectivity index (χ2n) is 2.90. The smallest absolute Gasteiger partial charge is 0.129 e. The lowest BCUT2D eigenvalue weighted by Crippen LogP contribution is -1.81. The van der Waals surface area contributed by atoms with E-state index >= 15 is 0 Å². The topological polar surface area (TPSA) is 27.0 Å². The van der Waals surface area contributed by atoms with Crippen molar-refractivity contribution < 1.29 is 8.78 Å². The minimum absolute atomic E-state index is 0.0788. The minimum atomic E-state index is -0.694. The first-order valence-corrected chi connectivity index (χ1v) is 4.33. The summed E-state index contributed by atoms with van der Waals surface area (Å²) in [5.41, 5.74) is 0.0788. The number of hydrogen-bond acceptors (Lipinski definition) is 1. The van der Waals surface area contributed by atoms with Crippen LogP contribution in [0.2, 0.25) is 0 Å². The van der Waals surface area contributed by atoms with Gasteiger partial charge in [0.05, 0.1) is 0 Å². The van der Waals surface area contributed by atoms with Crippen molar-refractivity contribution in [1.82, 2.24) is 4.98 Å². The second kappa shape index (κ2) is 4.04. The molecule has 0 saturated carbocycles. The van der Waals surface area contributed by atoms with Crippen LogP contribution in [-0.4, -0.2) is 4.98 Å². The maximum Gasteiger partial charge on any atom is 0.129 e. The molecule has 0 fully saturated rings. The molecule has 15 heavy (non-hydrogen) atoms. The van der Waals surface area contributed by atoms with Gasteiger partial charge in [-0.05, 0) is 11.8 Å². The summed E-state index contributed by atoms with van der Waals surface area (Å²) in [6, 6.07) is 8.35. The van der Waals surface area contributed by atoms with Gasteiger partial charge >= 0.3 is 0 Å². The Labute approximate surface area is 85.6 Å². The quantitative estimate of drug-likeness (QED) is 0.734. The highest BCUT2D eigenvalue weighted by Crippen LogP contribution is 2.30. The first-order chi connectivity index (χ1) is 7.25. The largest absolute Gasteiger partial charge is 0.443 e. The van der Waals surface area contributed by atoms with Crippen molar-refractivity contribution in [2.24, 2.45) is 0 Å². The van der Waals surface area contributed by atoms with Crippen LogP contribution in [0.15, 0.2) is 42.6 Å². The van der Waals surface area contributed by atoms with E-state index in [9.17, 15) is 8.78 Å². The Morgan fingerprint density at radius 2 is 1.93 bits per heavy atom. The van der Waals surface area contributed by atoms with Crippen molar-refractivity contribution in [2.75, 3.05) is 0 Å². The summed E-state index contributed by atoms with van der Waals surface area (Å²) in [4.78, 5) is 3.91. The summed E-state index contributed by atoms with van der Waals surface area (Å²) in [5.74, 6) is -0.920. The Morgan fingerprint density at radius 1 is 1.07 bits per heavy atom. The SMILES string of the molecule is Fc1ccc([N-]c2ccccn2)c(F)c1. The molecule has 0 unspecified atom stereocenters. The van der Waals surface area contributed by atoms with Gasteiger partial charge in [-0.15, -0.1) is 0 Å². The average Bonchev–Trinajstić information content (AvgIpc) is 2.24. The highest BCUT2D eigenvalue weighted by molar-refractivity contribution is 5.62. The predicted octanol–water partition coefficient (Wildman–Crippen LogP) is 3.70. The molecule has 1 aromatic carbocycles. The molecule has 0 bridgehead atoms. The summed E-state index contributed by atoms with van der Waals surface area (Å²) in [7, 11) is 0. The summed E-state index contributed by atoms with van der Waals surface area (Å²) in [5, 5.41) is 3.93. The number of pyridine rings is 1. The van der Waals surface area contributed by atoms with Crippen molar-refractivity contribution in [1.29, 1.82) is 0 Å². The summed E-state index contributed by atoms with van der Waals surface area (Å²) < 4.78 is 25.8. The fourth-order valence-corrected chi connectivity index (χ4v) is 1.12. The van der Waals surface area contributed by atoms with Crippen LogP contribution in [0.25, 0.3) is 5.32 Å². The second-order valence-corrected chi connectivity index (χ2v) is 2.90. The van der Waals surface area contributed by atoms with Gasteiger partial charge in [-0.2, -0.15) is 0 Å². The summed E-state index contributed by atoms with van der Waals surface area (Å²) in [6.45, 7) is 0. The van der Waals surface area contributed by atoms with Gasteiger partial charge < -0.3 is 10.3 Å². The Morgan fingerprint density at radius 3 is 2.60 bits per heavy atom. The van der Waals surface area contributed by atoms with E-state index in [0.717, 1.165) is 12.1 Å². The molecule has 1 aromatic heterocycles. The fraction of sp³-hybridized carbons (Fsp3) is 0. The van der Waals surface area contributed by atoms with Crippen LogP contribution in [0.3, 0.4) is 0 Å². The normalized spacial score (nSPS) is 10.0. The monoisotopic (exact) mass is 205 g/mol. The molecule has 0 aliphatic carbocycles. The van der Waals surface area contributed by atoms with Crippen LogP contribution < -0.4 is 0 Å². The van der Waals surface area contributed by atoms with E-state index in [1.54, 1.807) is 24.4 Å². The van der Waals surface area contributed by atoms with Gasteiger partial charge in [0.1, 0.15) is 11.6 Å². The van der Waals surface area contributed by atoms with Crippen molar-refractivity contribution >= 4 is 11.5 Å². The van der Waals surface area contributed by atoms with Gasteiger partial charge in [0.25, 0.3) is 0 Å². The first-order valence-electron chi connectivity index (χ1n) is 4.33. The number of rotatable bonds is 2. The van der Waals surface area contributed by atoms with E-state index in [1.165, 1.54) is 6.07 Å². The Kier molecular flexibility index (Phi) is 2.58. The Balaban J connectivity index is 2.25. The fourth-order valence-electron chi connectivity index (χ4n) is 1.12. The third-order valence-electron chi connectivity index (χ3n) is 1.79. The average molecular weight is 205 g/mol. The molecule has 0 aliphatic rings. The van der Waals surface area contributed by atoms with Crippen LogP contribution in [0.4, 0.5) is 20.3 Å². The highest BCUT2D eigenvalue weighted by atomic mass is 19.1. The number of benzene rings is 1. The molecule has 0 radical (unpaired) electrons. The molecule has 0 amide bonds. The molecule has 0 aliphatic heterocycles. The van der Waals surface area contributed by atoms with Crippen molar-refractivity contribution in [3.8, 4) is 0 Å². The lowest BCUT2D eigenvalue weighted by molar-refractivity contribution is 0.586. The lowest BCUT2D eigenvalue weighted by atomic mass is 10.3. The summed E-state index contributed by atoms with van der Waals surface area (Å²) >= 11 is 0. The molecule has 2 aromatic rings. The maximum absolute atomic E-state index is 13.2. The first kappa shape index (κ1) is 9.58. The highest BCUT2D eigenvalue weighted by Gasteiger charge is 1.98. The molecule has 0 saturated heterocycles. The molecule has 76 valence electrons. The van der Waals surface area contributed by atoms with E-state index in [0.29, 0.717) is 5.82 Å². The van der Waals surface area contributed by atoms with Gasteiger partial charge in [0.2, 0.25) is 0 Å². The van der Waals surface area contributed by atoms with E-state index in [2.05, 4.69) is 10.3 Å². The van der Waals surface area contributed by atoms with Gasteiger partial charge in [-0.1, -0.05) is 36.3 Å². The maximum atomic E-state index is 13.2. The molecule has 1 heterocycles. The van der Waals surface area contributed by atoms with Crippen LogP contribution >= 0.6 is 0 Å². The van der Waals surface area contributed by atoms with Gasteiger partial charge in [-0.3, -0.25) is 0 Å². The van der Waals surface area contributed by atoms with E-state index in [1.807, 2.05) is 0 Å². The van der Waals surface area contributed by atoms with Crippen molar-refractivity contribution in [2.45, 2.75) is 0 Å². The Bertz CT molecular complexity index is 457. The molecular weight excluding hydrogens is 198 g/mol. The molecular formula is C11H7F2N2-.